The maximum atomic E-state index is 15.1. The molecule has 1 saturated heterocycles. The van der Waals surface area contributed by atoms with Gasteiger partial charge in [0, 0.05) is 6.20 Å². The summed E-state index contributed by atoms with van der Waals surface area (Å²) in [6, 6.07) is 9.41. The number of aromatic nitrogens is 2. The molecule has 1 fully saturated rings. The van der Waals surface area contributed by atoms with Crippen molar-refractivity contribution in [2.24, 2.45) is 5.92 Å². The maximum Gasteiger partial charge on any atom is 0.380 e. The van der Waals surface area contributed by atoms with Gasteiger partial charge in [-0.15, -0.1) is 6.42 Å². The number of benzene rings is 1. The minimum Gasteiger partial charge on any atom is -0.463 e. The Morgan fingerprint density at radius 1 is 1.35 bits per heavy atom. The summed E-state index contributed by atoms with van der Waals surface area (Å²) in [7, 11) is -4.16. The Morgan fingerprint density at radius 3 is 2.62 bits per heavy atom. The summed E-state index contributed by atoms with van der Waals surface area (Å²) >= 11 is 4.88. The predicted molar refractivity (Wildman–Crippen MR) is 134 cm³/mol. The molecule has 0 saturated carbocycles. The number of carbonyl (C=O) groups is 1. The van der Waals surface area contributed by atoms with Gasteiger partial charge in [0.1, 0.15) is 23.1 Å². The number of esters is 1. The number of para-hydroxylation sites is 1. The molecule has 200 valence electrons. The second kappa shape index (κ2) is 11.7. The molecule has 6 atom stereocenters. The van der Waals surface area contributed by atoms with Crippen LogP contribution in [0.3, 0.4) is 0 Å². The molecule has 0 aliphatic carbocycles. The van der Waals surface area contributed by atoms with Crippen molar-refractivity contribution < 1.29 is 37.4 Å². The lowest BCUT2D eigenvalue weighted by molar-refractivity contribution is -0.151. The number of nitrogens with zero attached hydrogens (tertiary/aromatic N) is 1. The monoisotopic (exact) mass is 554 g/mol. The summed E-state index contributed by atoms with van der Waals surface area (Å²) in [6.45, 7) is 4.07. The molecular weight excluding hydrogens is 526 g/mol. The number of alkyl halides is 1. The minimum absolute atomic E-state index is 0.117. The minimum atomic E-state index is -4.16. The molecule has 1 aromatic heterocycles. The number of rotatable bonds is 10. The third-order valence-corrected chi connectivity index (χ3v) is 7.71. The van der Waals surface area contributed by atoms with Gasteiger partial charge < -0.3 is 19.1 Å². The average molecular weight is 555 g/mol. The quantitative estimate of drug-likeness (QED) is 0.197. The third-order valence-electron chi connectivity index (χ3n) is 5.47. The van der Waals surface area contributed by atoms with E-state index in [1.165, 1.54) is 31.3 Å². The smallest absolute Gasteiger partial charge is 0.380 e. The number of H-pyrrole nitrogens is 1. The van der Waals surface area contributed by atoms with Crippen LogP contribution in [-0.2, 0) is 23.4 Å². The van der Waals surface area contributed by atoms with E-state index in [1.807, 2.05) is 0 Å². The van der Waals surface area contributed by atoms with Gasteiger partial charge in [-0.1, -0.05) is 43.3 Å². The van der Waals surface area contributed by atoms with Crippen LogP contribution in [0, 0.1) is 22.9 Å². The molecule has 2 N–H and O–H groups in total. The SMILES string of the molecule is C#C[C@]1(COP(=O)(C[C@@H](C)C(=O)OC(C)C)Oc2ccccc2)O[C@@H](n2ccc(=S)[nH]c2=O)C(F)[C@H]1O. The van der Waals surface area contributed by atoms with Crippen molar-refractivity contribution in [3.05, 3.63) is 57.7 Å². The molecule has 1 aliphatic heterocycles. The van der Waals surface area contributed by atoms with E-state index < -0.39 is 68.2 Å². The molecule has 0 spiro atoms. The number of ether oxygens (including phenoxy) is 2. The number of carbonyl (C=O) groups excluding carboxylic acids is 1. The van der Waals surface area contributed by atoms with Crippen LogP contribution in [0.4, 0.5) is 4.39 Å². The van der Waals surface area contributed by atoms with Gasteiger partial charge in [0.05, 0.1) is 18.2 Å². The summed E-state index contributed by atoms with van der Waals surface area (Å²) < 4.78 is 52.0. The van der Waals surface area contributed by atoms with Crippen LogP contribution in [-0.4, -0.2) is 57.4 Å². The van der Waals surface area contributed by atoms with E-state index in [9.17, 15) is 19.3 Å². The first-order valence-electron chi connectivity index (χ1n) is 11.4. The standard InChI is InChI=1S/C24H28FN2O8PS/c1-5-24(20(28)19(25)21(34-24)27-12-11-18(37)26-23(27)30)14-32-36(31,35-17-9-7-6-8-10-17)13-16(4)22(29)33-15(2)3/h1,6-12,15-16,19-21,28H,13-14H2,2-4H3,(H,26,30,37)/t16-,19?,20-,21-,24-,36?/m1/s1. The Kier molecular flexibility index (Phi) is 9.10. The zero-order valence-corrected chi connectivity index (χ0v) is 22.1. The average Bonchev–Trinajstić information content (AvgIpc) is 3.08. The Morgan fingerprint density at radius 2 is 2.03 bits per heavy atom. The zero-order valence-electron chi connectivity index (χ0n) is 20.4. The molecule has 10 nitrogen and oxygen atoms in total. The third kappa shape index (κ3) is 6.74. The molecule has 0 radical (unpaired) electrons. The fraction of sp³-hybridized carbons (Fsp3) is 0.458. The molecule has 13 heteroatoms. The molecule has 2 heterocycles. The molecule has 2 unspecified atom stereocenters. The molecule has 1 aliphatic rings. The first kappa shape index (κ1) is 28.8. The number of terminal acetylenes is 1. The van der Waals surface area contributed by atoms with Crippen LogP contribution in [0.5, 0.6) is 5.75 Å². The van der Waals surface area contributed by atoms with E-state index in [-0.39, 0.29) is 10.4 Å². The number of hydrogen-bond acceptors (Lipinski definition) is 9. The summed E-state index contributed by atoms with van der Waals surface area (Å²) in [5.41, 5.74) is -2.91. The first-order chi connectivity index (χ1) is 17.4. The van der Waals surface area contributed by atoms with Crippen molar-refractivity contribution in [2.45, 2.75) is 51.0 Å². The molecule has 0 amide bonds. The Balaban J connectivity index is 1.87. The molecule has 3 rings (SSSR count). The zero-order chi connectivity index (χ0) is 27.4. The van der Waals surface area contributed by atoms with Crippen LogP contribution in [0.25, 0.3) is 0 Å². The highest BCUT2D eigenvalue weighted by Gasteiger charge is 2.56. The predicted octanol–water partition coefficient (Wildman–Crippen LogP) is 3.38. The van der Waals surface area contributed by atoms with E-state index in [4.69, 9.17) is 37.2 Å². The van der Waals surface area contributed by atoms with Crippen LogP contribution in [0.15, 0.2) is 47.4 Å². The largest absolute Gasteiger partial charge is 0.463 e. The van der Waals surface area contributed by atoms with Crippen molar-refractivity contribution in [1.82, 2.24) is 9.55 Å². The van der Waals surface area contributed by atoms with Crippen molar-refractivity contribution in [3.63, 3.8) is 0 Å². The number of halogens is 1. The van der Waals surface area contributed by atoms with Gasteiger partial charge in [-0.05, 0) is 32.0 Å². The van der Waals surface area contributed by atoms with Crippen LogP contribution >= 0.6 is 19.8 Å². The lowest BCUT2D eigenvalue weighted by Crippen LogP contribution is -2.45. The van der Waals surface area contributed by atoms with Gasteiger partial charge in [-0.25, -0.2) is 13.8 Å². The summed E-state index contributed by atoms with van der Waals surface area (Å²) in [5, 5.41) is 10.7. The van der Waals surface area contributed by atoms with Crippen molar-refractivity contribution in [2.75, 3.05) is 12.8 Å². The van der Waals surface area contributed by atoms with E-state index >= 15 is 4.39 Å². The molecule has 1 aromatic carbocycles. The van der Waals surface area contributed by atoms with Crippen molar-refractivity contribution in [1.29, 1.82) is 0 Å². The number of aromatic amines is 1. The lowest BCUT2D eigenvalue weighted by atomic mass is 9.98. The van der Waals surface area contributed by atoms with Crippen molar-refractivity contribution in [3.8, 4) is 18.1 Å². The second-order valence-electron chi connectivity index (χ2n) is 8.81. The topological polar surface area (TPSA) is 129 Å². The summed E-state index contributed by atoms with van der Waals surface area (Å²) in [6.07, 6.45) is 0.295. The van der Waals surface area contributed by atoms with E-state index in [1.54, 1.807) is 32.0 Å². The van der Waals surface area contributed by atoms with Gasteiger partial charge in [0.15, 0.2) is 18.0 Å². The van der Waals surface area contributed by atoms with Crippen molar-refractivity contribution >= 4 is 25.8 Å². The summed E-state index contributed by atoms with van der Waals surface area (Å²) in [5.74, 6) is 0.837. The molecule has 0 bridgehead atoms. The van der Waals surface area contributed by atoms with Crippen LogP contribution in [0.2, 0.25) is 0 Å². The molecule has 37 heavy (non-hydrogen) atoms. The normalized spacial score (nSPS) is 25.7. The Bertz CT molecular complexity index is 1310. The van der Waals surface area contributed by atoms with Gasteiger partial charge in [0.25, 0.3) is 0 Å². The molecular formula is C24H28FN2O8PS. The first-order valence-corrected chi connectivity index (χ1v) is 13.5. The second-order valence-corrected chi connectivity index (χ2v) is 11.3. The summed E-state index contributed by atoms with van der Waals surface area (Å²) in [4.78, 5) is 27.0. The highest BCUT2D eigenvalue weighted by atomic mass is 32.1. The number of nitrogens with one attached hydrogen (secondary N) is 1. The maximum absolute atomic E-state index is 15.1. The lowest BCUT2D eigenvalue weighted by Gasteiger charge is -2.29. The van der Waals surface area contributed by atoms with Crippen LogP contribution < -0.4 is 10.2 Å². The highest BCUT2D eigenvalue weighted by Crippen LogP contribution is 2.52. The van der Waals surface area contributed by atoms with Gasteiger partial charge in [-0.3, -0.25) is 18.9 Å². The highest BCUT2D eigenvalue weighted by molar-refractivity contribution is 7.71. The molecule has 2 aromatic rings. The van der Waals surface area contributed by atoms with E-state index in [0.717, 1.165) is 4.57 Å². The number of aliphatic hydroxyl groups is 1. The van der Waals surface area contributed by atoms with Gasteiger partial charge >= 0.3 is 19.3 Å². The fourth-order valence-electron chi connectivity index (χ4n) is 3.59. The Labute approximate surface area is 218 Å². The Hall–Kier alpha value is -2.81. The number of hydrogen-bond donors (Lipinski definition) is 2. The fourth-order valence-corrected chi connectivity index (χ4v) is 5.62. The van der Waals surface area contributed by atoms with E-state index in [2.05, 4.69) is 10.9 Å². The number of aliphatic hydroxyl groups excluding tert-OH is 1. The van der Waals surface area contributed by atoms with Gasteiger partial charge in [-0.2, -0.15) is 0 Å². The van der Waals surface area contributed by atoms with Gasteiger partial charge in [0.2, 0.25) is 0 Å². The van der Waals surface area contributed by atoms with Crippen LogP contribution in [0.1, 0.15) is 27.0 Å². The van der Waals surface area contributed by atoms with E-state index in [0.29, 0.717) is 0 Å².